The van der Waals surface area contributed by atoms with Crippen LogP contribution in [0.1, 0.15) is 62.1 Å². The topological polar surface area (TPSA) is 35.9 Å². The molecule has 0 radical (unpaired) electrons. The molecule has 2 fully saturated rings. The molecular formula is C27H39Cl3N2O2. The molecule has 1 saturated heterocycles. The fourth-order valence-corrected chi connectivity index (χ4v) is 5.52. The maximum Gasteiger partial charge on any atom is 0.138 e. The van der Waals surface area contributed by atoms with Crippen LogP contribution in [0.3, 0.4) is 0 Å². The Balaban J connectivity index is 0.00000204. The second kappa shape index (κ2) is 13.3. The summed E-state index contributed by atoms with van der Waals surface area (Å²) in [6.07, 6.45) is 7.22. The third kappa shape index (κ3) is 7.49. The molecule has 7 heteroatoms. The molecule has 4 rings (SSSR count). The third-order valence-electron chi connectivity index (χ3n) is 7.30. The molecule has 0 bridgehead atoms. The molecule has 4 nitrogen and oxygen atoms in total. The van der Waals surface area contributed by atoms with E-state index in [2.05, 4.69) is 48.2 Å². The van der Waals surface area contributed by atoms with Crippen LogP contribution in [0.15, 0.2) is 48.5 Å². The predicted molar refractivity (Wildman–Crippen MR) is 146 cm³/mol. The summed E-state index contributed by atoms with van der Waals surface area (Å²) in [6, 6.07) is 17.1. The van der Waals surface area contributed by atoms with Crippen LogP contribution in [0.2, 0.25) is 5.02 Å². The van der Waals surface area contributed by atoms with Gasteiger partial charge in [0.25, 0.3) is 0 Å². The minimum atomic E-state index is -0.575. The fourth-order valence-electron chi connectivity index (χ4n) is 5.28. The summed E-state index contributed by atoms with van der Waals surface area (Å²) in [7, 11) is 4.32. The van der Waals surface area contributed by atoms with Gasteiger partial charge in [-0.1, -0.05) is 67.3 Å². The normalized spacial score (nSPS) is 20.9. The van der Waals surface area contributed by atoms with Crippen molar-refractivity contribution in [2.45, 2.75) is 69.2 Å². The molecule has 34 heavy (non-hydrogen) atoms. The van der Waals surface area contributed by atoms with Gasteiger partial charge in [-0.2, -0.15) is 0 Å². The highest BCUT2D eigenvalue weighted by Gasteiger charge is 2.37. The van der Waals surface area contributed by atoms with Crippen LogP contribution in [0, 0.1) is 0 Å². The van der Waals surface area contributed by atoms with Crippen LogP contribution in [-0.2, 0) is 6.61 Å². The van der Waals surface area contributed by atoms with Crippen molar-refractivity contribution in [2.24, 2.45) is 0 Å². The van der Waals surface area contributed by atoms with E-state index < -0.39 is 5.60 Å². The van der Waals surface area contributed by atoms with Crippen LogP contribution in [-0.4, -0.2) is 53.7 Å². The first-order valence-corrected chi connectivity index (χ1v) is 12.4. The van der Waals surface area contributed by atoms with Crippen molar-refractivity contribution in [3.63, 3.8) is 0 Å². The van der Waals surface area contributed by atoms with Crippen molar-refractivity contribution in [2.75, 3.05) is 27.2 Å². The lowest BCUT2D eigenvalue weighted by molar-refractivity contribution is -0.0260. The zero-order valence-electron chi connectivity index (χ0n) is 20.3. The molecule has 1 heterocycles. The lowest BCUT2D eigenvalue weighted by atomic mass is 9.79. The zero-order valence-corrected chi connectivity index (χ0v) is 22.7. The molecular weight excluding hydrogens is 491 g/mol. The number of likely N-dealkylation sites (tertiary alicyclic amines) is 1. The van der Waals surface area contributed by atoms with E-state index in [1.165, 1.54) is 12.0 Å². The minimum Gasteiger partial charge on any atom is -0.487 e. The molecule has 1 aliphatic carbocycles. The van der Waals surface area contributed by atoms with Gasteiger partial charge in [-0.05, 0) is 63.0 Å². The molecule has 1 N–H and O–H groups in total. The molecule has 0 aromatic heterocycles. The molecule has 1 aliphatic heterocycles. The number of hydrogen-bond donors (Lipinski definition) is 1. The third-order valence-corrected chi connectivity index (χ3v) is 7.60. The van der Waals surface area contributed by atoms with E-state index >= 15 is 0 Å². The molecule has 2 aromatic rings. The van der Waals surface area contributed by atoms with E-state index in [9.17, 15) is 5.11 Å². The Hall–Kier alpha value is -1.01. The number of hydrogen-bond acceptors (Lipinski definition) is 4. The molecule has 1 unspecified atom stereocenters. The van der Waals surface area contributed by atoms with Crippen LogP contribution in [0.5, 0.6) is 5.75 Å². The molecule has 0 amide bonds. The number of benzene rings is 2. The minimum absolute atomic E-state index is 0. The number of aliphatic hydroxyl groups is 1. The molecule has 1 saturated carbocycles. The van der Waals surface area contributed by atoms with Gasteiger partial charge in [0, 0.05) is 25.2 Å². The highest BCUT2D eigenvalue weighted by atomic mass is 35.5. The lowest BCUT2D eigenvalue weighted by Crippen LogP contribution is -2.39. The second-order valence-electron chi connectivity index (χ2n) is 9.87. The van der Waals surface area contributed by atoms with Gasteiger partial charge >= 0.3 is 0 Å². The van der Waals surface area contributed by atoms with E-state index in [1.54, 1.807) is 0 Å². The highest BCUT2D eigenvalue weighted by molar-refractivity contribution is 6.32. The van der Waals surface area contributed by atoms with E-state index in [0.717, 1.165) is 57.2 Å². The number of halogens is 3. The average molecular weight is 530 g/mol. The summed E-state index contributed by atoms with van der Waals surface area (Å²) in [5.41, 5.74) is 1.73. The van der Waals surface area contributed by atoms with Crippen molar-refractivity contribution < 1.29 is 9.84 Å². The maximum atomic E-state index is 11.4. The van der Waals surface area contributed by atoms with Crippen LogP contribution < -0.4 is 4.74 Å². The van der Waals surface area contributed by atoms with Crippen molar-refractivity contribution in [3.8, 4) is 5.75 Å². The number of nitrogens with zero attached hydrogens (tertiary/aromatic N) is 2. The van der Waals surface area contributed by atoms with Crippen molar-refractivity contribution in [3.05, 3.63) is 64.7 Å². The van der Waals surface area contributed by atoms with Crippen molar-refractivity contribution in [1.82, 2.24) is 9.80 Å². The molecule has 190 valence electrons. The molecule has 0 spiro atoms. The van der Waals surface area contributed by atoms with E-state index in [1.807, 2.05) is 24.3 Å². The van der Waals surface area contributed by atoms with Gasteiger partial charge in [0.1, 0.15) is 12.4 Å². The van der Waals surface area contributed by atoms with Gasteiger partial charge in [-0.25, -0.2) is 0 Å². The standard InChI is InChI=1S/C27H37ClN2O2.2ClH/c1-29(2)23-13-16-30(19-23)25(18-27(31)14-7-4-8-15-27)22-11-12-26(24(28)17-22)32-20-21-9-5-3-6-10-21;;/h3,5-6,9-12,17,23,25,31H,4,7-8,13-16,18-20H2,1-2H3;2*1H/t23-,25?;;/m1../s1. The van der Waals surface area contributed by atoms with Crippen LogP contribution in [0.4, 0.5) is 0 Å². The summed E-state index contributed by atoms with van der Waals surface area (Å²) in [4.78, 5) is 4.87. The summed E-state index contributed by atoms with van der Waals surface area (Å²) >= 11 is 6.69. The van der Waals surface area contributed by atoms with Gasteiger partial charge < -0.3 is 14.7 Å². The maximum absolute atomic E-state index is 11.4. The van der Waals surface area contributed by atoms with Gasteiger partial charge in [-0.15, -0.1) is 24.8 Å². The fraction of sp³-hybridized carbons (Fsp3) is 0.556. The van der Waals surface area contributed by atoms with Gasteiger partial charge in [0.2, 0.25) is 0 Å². The number of rotatable bonds is 8. The summed E-state index contributed by atoms with van der Waals surface area (Å²) < 4.78 is 6.00. The van der Waals surface area contributed by atoms with E-state index in [4.69, 9.17) is 16.3 Å². The number of likely N-dealkylation sites (N-methyl/N-ethyl adjacent to an activating group) is 1. The molecule has 2 atom stereocenters. The van der Waals surface area contributed by atoms with E-state index in [-0.39, 0.29) is 30.9 Å². The van der Waals surface area contributed by atoms with Gasteiger partial charge in [0.15, 0.2) is 0 Å². The second-order valence-corrected chi connectivity index (χ2v) is 10.3. The first-order chi connectivity index (χ1) is 15.4. The van der Waals surface area contributed by atoms with Crippen LogP contribution >= 0.6 is 36.4 Å². The monoisotopic (exact) mass is 528 g/mol. The summed E-state index contributed by atoms with van der Waals surface area (Å²) in [5, 5.41) is 12.0. The Morgan fingerprint density at radius 1 is 1.09 bits per heavy atom. The van der Waals surface area contributed by atoms with Gasteiger partial charge in [0.05, 0.1) is 10.6 Å². The Kier molecular flexibility index (Phi) is 11.5. The first kappa shape index (κ1) is 29.2. The highest BCUT2D eigenvalue weighted by Crippen LogP contribution is 2.41. The average Bonchev–Trinajstić information content (AvgIpc) is 3.28. The summed E-state index contributed by atoms with van der Waals surface area (Å²) in [5.74, 6) is 0.710. The SMILES string of the molecule is CN(C)[C@@H]1CCN(C(CC2(O)CCCCC2)c2ccc(OCc3ccccc3)c(Cl)c2)C1.Cl.Cl. The quantitative estimate of drug-likeness (QED) is 0.422. The Labute approximate surface area is 222 Å². The first-order valence-electron chi connectivity index (χ1n) is 12.0. The van der Waals surface area contributed by atoms with Crippen molar-refractivity contribution >= 4 is 36.4 Å². The van der Waals surface area contributed by atoms with Crippen molar-refractivity contribution in [1.29, 1.82) is 0 Å². The molecule has 2 aromatic carbocycles. The Morgan fingerprint density at radius 3 is 2.41 bits per heavy atom. The lowest BCUT2D eigenvalue weighted by Gasteiger charge is -2.39. The smallest absolute Gasteiger partial charge is 0.138 e. The van der Waals surface area contributed by atoms with Gasteiger partial charge in [-0.3, -0.25) is 4.90 Å². The molecule has 2 aliphatic rings. The van der Waals surface area contributed by atoms with Crippen LogP contribution in [0.25, 0.3) is 0 Å². The summed E-state index contributed by atoms with van der Waals surface area (Å²) in [6.45, 7) is 2.57. The largest absolute Gasteiger partial charge is 0.487 e. The Morgan fingerprint density at radius 2 is 1.79 bits per heavy atom. The zero-order chi connectivity index (χ0) is 22.6. The number of ether oxygens (including phenoxy) is 1. The Bertz CT molecular complexity index is 875. The van der Waals surface area contributed by atoms with E-state index in [0.29, 0.717) is 23.4 Å². The predicted octanol–water partition coefficient (Wildman–Crippen LogP) is 6.52.